The fourth-order valence-corrected chi connectivity index (χ4v) is 6.52. The van der Waals surface area contributed by atoms with Crippen LogP contribution in [0.1, 0.15) is 17.2 Å². The molecule has 294 valence electrons. The summed E-state index contributed by atoms with van der Waals surface area (Å²) in [5.41, 5.74) is 1.84. The van der Waals surface area contributed by atoms with Crippen LogP contribution in [0.15, 0.2) is 114 Å². The summed E-state index contributed by atoms with van der Waals surface area (Å²) >= 11 is 11.8. The van der Waals surface area contributed by atoms with Crippen LogP contribution in [0, 0.1) is 5.92 Å². The molecule has 5 N–H and O–H groups in total. The van der Waals surface area contributed by atoms with Crippen LogP contribution in [0.25, 0.3) is 5.76 Å². The number of ketones is 1. The molecular formula is C41H34Cl2N2O12. The van der Waals surface area contributed by atoms with E-state index in [1.807, 2.05) is 0 Å². The minimum absolute atomic E-state index is 0.0710. The first-order valence-electron chi connectivity index (χ1n) is 17.4. The van der Waals surface area contributed by atoms with E-state index in [4.69, 9.17) is 51.6 Å². The Kier molecular flexibility index (Phi) is 11.5. The molecule has 0 spiro atoms. The maximum absolute atomic E-state index is 13.4. The average Bonchev–Trinajstić information content (AvgIpc) is 3.21. The van der Waals surface area contributed by atoms with Crippen LogP contribution < -0.4 is 29.6 Å². The number of aliphatic hydroxyl groups excluding tert-OH is 3. The second kappa shape index (κ2) is 16.8. The Hall–Kier alpha value is -6.35. The number of nitrogens with one attached hydrogen (secondary N) is 2. The van der Waals surface area contributed by atoms with Gasteiger partial charge in [0, 0.05) is 38.6 Å². The van der Waals surface area contributed by atoms with Crippen LogP contribution in [0.3, 0.4) is 0 Å². The highest BCUT2D eigenvalue weighted by atomic mass is 35.5. The number of halogens is 2. The van der Waals surface area contributed by atoms with Gasteiger partial charge in [0.05, 0.1) is 13.7 Å². The van der Waals surface area contributed by atoms with E-state index < -0.39 is 66.6 Å². The van der Waals surface area contributed by atoms with Crippen molar-refractivity contribution in [3.8, 4) is 23.0 Å². The molecule has 57 heavy (non-hydrogen) atoms. The van der Waals surface area contributed by atoms with Crippen LogP contribution in [-0.4, -0.2) is 72.1 Å². The average molecular weight is 818 g/mol. The third-order valence-corrected chi connectivity index (χ3v) is 9.51. The fourth-order valence-electron chi connectivity index (χ4n) is 6.27. The van der Waals surface area contributed by atoms with Crippen molar-refractivity contribution in [3.05, 3.63) is 136 Å². The van der Waals surface area contributed by atoms with Gasteiger partial charge in [-0.2, -0.15) is 0 Å². The molecule has 2 amide bonds. The Morgan fingerprint density at radius 1 is 0.772 bits per heavy atom. The molecule has 0 bridgehead atoms. The molecule has 0 saturated heterocycles. The molecule has 2 heterocycles. The summed E-state index contributed by atoms with van der Waals surface area (Å²) < 4.78 is 35.4. The molecule has 4 aromatic rings. The Balaban J connectivity index is 1.05. The van der Waals surface area contributed by atoms with Gasteiger partial charge in [-0.25, -0.2) is 0 Å². The van der Waals surface area contributed by atoms with E-state index in [0.717, 1.165) is 0 Å². The molecule has 4 aromatic carbocycles. The van der Waals surface area contributed by atoms with E-state index in [1.54, 1.807) is 66.7 Å². The van der Waals surface area contributed by atoms with E-state index in [0.29, 0.717) is 27.0 Å². The zero-order valence-corrected chi connectivity index (χ0v) is 31.5. The van der Waals surface area contributed by atoms with Crippen molar-refractivity contribution in [1.82, 2.24) is 0 Å². The van der Waals surface area contributed by atoms with Crippen LogP contribution in [0.2, 0.25) is 10.0 Å². The summed E-state index contributed by atoms with van der Waals surface area (Å²) in [6.07, 6.45) is -0.198. The number of rotatable bonds is 12. The predicted molar refractivity (Wildman–Crippen MR) is 208 cm³/mol. The number of Topliss-reactive ketones (excluding diaryl/α,β-unsaturated/α-hetero) is 1. The quantitative estimate of drug-likeness (QED) is 0.102. The fraction of sp³-hybridized carbons (Fsp3) is 0.195. The summed E-state index contributed by atoms with van der Waals surface area (Å²) in [5, 5.41) is 38.4. The molecule has 0 fully saturated rings. The highest BCUT2D eigenvalue weighted by molar-refractivity contribution is 6.31. The molecule has 7 rings (SSSR count). The molecule has 1 aliphatic carbocycles. The number of anilines is 2. The highest BCUT2D eigenvalue weighted by Gasteiger charge is 2.44. The summed E-state index contributed by atoms with van der Waals surface area (Å²) in [6, 6.07) is 22.6. The van der Waals surface area contributed by atoms with Gasteiger partial charge in [0.1, 0.15) is 23.5 Å². The summed E-state index contributed by atoms with van der Waals surface area (Å²) in [7, 11) is 1.44. The lowest BCUT2D eigenvalue weighted by atomic mass is 9.86. The van der Waals surface area contributed by atoms with E-state index in [2.05, 4.69) is 10.6 Å². The van der Waals surface area contributed by atoms with Crippen LogP contribution in [0.4, 0.5) is 11.4 Å². The van der Waals surface area contributed by atoms with Crippen molar-refractivity contribution in [2.45, 2.75) is 18.3 Å². The highest BCUT2D eigenvalue weighted by Crippen LogP contribution is 2.44. The molecule has 3 aliphatic rings. The summed E-state index contributed by atoms with van der Waals surface area (Å²) in [5.74, 6) is -3.15. The lowest BCUT2D eigenvalue weighted by molar-refractivity contribution is -0.126. The third kappa shape index (κ3) is 8.73. The second-order valence-corrected chi connectivity index (χ2v) is 13.7. The molecular weight excluding hydrogens is 783 g/mol. The molecule has 14 nitrogen and oxygen atoms in total. The third-order valence-electron chi connectivity index (χ3n) is 9.01. The molecule has 16 heteroatoms. The number of benzene rings is 4. The Labute approximate surface area is 335 Å². The van der Waals surface area contributed by atoms with Crippen molar-refractivity contribution in [1.29, 1.82) is 0 Å². The van der Waals surface area contributed by atoms with Gasteiger partial charge in [0.25, 0.3) is 11.8 Å². The Bertz CT molecular complexity index is 2290. The normalized spacial score (nSPS) is 19.6. The first-order valence-corrected chi connectivity index (χ1v) is 18.1. The smallest absolute Gasteiger partial charge is 0.262 e. The van der Waals surface area contributed by atoms with Gasteiger partial charge in [-0.15, -0.1) is 0 Å². The minimum Gasteiger partial charge on any atom is -0.511 e. The van der Waals surface area contributed by atoms with Crippen molar-refractivity contribution >= 4 is 57.9 Å². The monoisotopic (exact) mass is 816 g/mol. The summed E-state index contributed by atoms with van der Waals surface area (Å²) in [6.45, 7) is -1.14. The SMILES string of the molecule is COc1cc(C2Oc3cc(C4=C(O)C(=O)C5C(O)=CC(OCC(=O)Nc6ccc(Cl)cc6)=CC5O4)ccc3OC2CO)ccc1OCC(=O)Nc1ccc(Cl)cc1. The topological polar surface area (TPSA) is 191 Å². The van der Waals surface area contributed by atoms with Crippen molar-refractivity contribution in [2.75, 3.05) is 37.6 Å². The predicted octanol–water partition coefficient (Wildman–Crippen LogP) is 6.70. The first-order chi connectivity index (χ1) is 27.5. The summed E-state index contributed by atoms with van der Waals surface area (Å²) in [4.78, 5) is 38.4. The molecule has 2 aliphatic heterocycles. The Morgan fingerprint density at radius 3 is 2.05 bits per heavy atom. The van der Waals surface area contributed by atoms with Gasteiger partial charge >= 0.3 is 0 Å². The lowest BCUT2D eigenvalue weighted by Crippen LogP contribution is -2.38. The number of aliphatic hydroxyl groups is 3. The van der Waals surface area contributed by atoms with E-state index in [1.165, 1.54) is 37.5 Å². The zero-order chi connectivity index (χ0) is 40.2. The maximum atomic E-state index is 13.4. The standard InChI is InChI=1S/C41H34Cl2N2O12/c1-52-31-14-21(2-12-29(31)54-20-36(49)45-26-10-6-24(43)7-11-26)40-34(18-46)55-30-13-3-22(15-32(30)56-40)41-39(51)38(50)37-28(47)16-27(17-33(37)57-41)53-19-35(48)44-25-8-4-23(42)5-9-25/h2-17,33-34,37,40,46-47,51H,18-20H2,1H3,(H,44,48)(H,45,49). The van der Waals surface area contributed by atoms with Crippen LogP contribution in [-0.2, 0) is 23.9 Å². The van der Waals surface area contributed by atoms with E-state index >= 15 is 0 Å². The van der Waals surface area contributed by atoms with Gasteiger partial charge < -0.3 is 54.4 Å². The van der Waals surface area contributed by atoms with Crippen LogP contribution in [0.5, 0.6) is 23.0 Å². The van der Waals surface area contributed by atoms with Gasteiger partial charge in [-0.3, -0.25) is 14.4 Å². The maximum Gasteiger partial charge on any atom is 0.262 e. The van der Waals surface area contributed by atoms with Gasteiger partial charge in [-0.1, -0.05) is 29.3 Å². The zero-order valence-electron chi connectivity index (χ0n) is 29.9. The second-order valence-electron chi connectivity index (χ2n) is 12.9. The number of hydrogen-bond donors (Lipinski definition) is 5. The number of ether oxygens (including phenoxy) is 6. The van der Waals surface area contributed by atoms with E-state index in [9.17, 15) is 29.7 Å². The number of amides is 2. The van der Waals surface area contributed by atoms with Crippen molar-refractivity contribution in [2.24, 2.45) is 5.92 Å². The molecule has 4 atom stereocenters. The first kappa shape index (κ1) is 38.9. The minimum atomic E-state index is -1.25. The van der Waals surface area contributed by atoms with Gasteiger partial charge in [0.15, 0.2) is 54.2 Å². The Morgan fingerprint density at radius 2 is 1.42 bits per heavy atom. The number of carbonyl (C=O) groups is 3. The van der Waals surface area contributed by atoms with Gasteiger partial charge in [0.2, 0.25) is 11.5 Å². The van der Waals surface area contributed by atoms with E-state index in [-0.39, 0.29) is 46.7 Å². The molecule has 4 unspecified atom stereocenters. The lowest BCUT2D eigenvalue weighted by Gasteiger charge is -2.35. The largest absolute Gasteiger partial charge is 0.511 e. The molecule has 0 saturated carbocycles. The molecule has 0 radical (unpaired) electrons. The number of methoxy groups -OCH3 is 1. The van der Waals surface area contributed by atoms with Crippen molar-refractivity contribution < 1.29 is 58.1 Å². The number of fused-ring (bicyclic) bond motifs is 2. The van der Waals surface area contributed by atoms with Crippen molar-refractivity contribution in [3.63, 3.8) is 0 Å². The number of allylic oxidation sites excluding steroid dienone is 2. The number of carbonyl (C=O) groups excluding carboxylic acids is 3. The molecule has 0 aromatic heterocycles. The van der Waals surface area contributed by atoms with Gasteiger partial charge in [-0.05, 0) is 84.9 Å². The number of hydrogen-bond acceptors (Lipinski definition) is 12. The van der Waals surface area contributed by atoms with Crippen LogP contribution >= 0.6 is 23.2 Å².